The summed E-state index contributed by atoms with van der Waals surface area (Å²) < 4.78 is 0. The first kappa shape index (κ1) is 10.6. The van der Waals surface area contributed by atoms with Crippen LogP contribution in [0.4, 0.5) is 0 Å². The topological polar surface area (TPSA) is 12.5 Å². The molecule has 1 aromatic carbocycles. The molecule has 0 aliphatic carbocycles. The minimum absolute atomic E-state index is 0.270. The maximum atomic E-state index is 5.61. The van der Waals surface area contributed by atoms with Crippen LogP contribution >= 0.6 is 0 Å². The molecule has 0 bridgehead atoms. The van der Waals surface area contributed by atoms with Crippen molar-refractivity contribution < 1.29 is 4.84 Å². The third kappa shape index (κ3) is 3.12. The van der Waals surface area contributed by atoms with Gasteiger partial charge in [-0.05, 0) is 26.0 Å². The van der Waals surface area contributed by atoms with Crippen molar-refractivity contribution in [3.63, 3.8) is 0 Å². The van der Waals surface area contributed by atoms with Crippen LogP contribution in [0.2, 0.25) is 0 Å². The van der Waals surface area contributed by atoms with E-state index in [0.29, 0.717) is 6.54 Å². The smallest absolute Gasteiger partial charge is 0.147 e. The van der Waals surface area contributed by atoms with Gasteiger partial charge in [0.25, 0.3) is 0 Å². The molecule has 0 radical (unpaired) electrons. The Morgan fingerprint density at radius 2 is 2.00 bits per heavy atom. The van der Waals surface area contributed by atoms with E-state index in [9.17, 15) is 0 Å². The molecular formula is C12H15NO. The highest BCUT2D eigenvalue weighted by Gasteiger charge is 2.09. The summed E-state index contributed by atoms with van der Waals surface area (Å²) >= 11 is 0. The number of hydroxylamine groups is 2. The second kappa shape index (κ2) is 5.31. The van der Waals surface area contributed by atoms with E-state index >= 15 is 0 Å². The van der Waals surface area contributed by atoms with Gasteiger partial charge in [-0.25, -0.2) is 0 Å². The third-order valence-corrected chi connectivity index (χ3v) is 1.79. The molecule has 2 heteroatoms. The number of hydrogen-bond acceptors (Lipinski definition) is 2. The monoisotopic (exact) mass is 189 g/mol. The Hall–Kier alpha value is -1.46. The van der Waals surface area contributed by atoms with E-state index in [1.54, 1.807) is 5.06 Å². The van der Waals surface area contributed by atoms with Crippen LogP contribution in [-0.2, 0) is 0 Å². The van der Waals surface area contributed by atoms with Crippen molar-refractivity contribution in [3.8, 4) is 18.1 Å². The van der Waals surface area contributed by atoms with Crippen molar-refractivity contribution in [2.24, 2.45) is 0 Å². The molecule has 0 aliphatic rings. The molecule has 0 spiro atoms. The average molecular weight is 189 g/mol. The van der Waals surface area contributed by atoms with Gasteiger partial charge in [0, 0.05) is 6.04 Å². The first-order valence-electron chi connectivity index (χ1n) is 4.67. The predicted molar refractivity (Wildman–Crippen MR) is 57.7 cm³/mol. The largest absolute Gasteiger partial charge is 0.405 e. The molecule has 0 aliphatic heterocycles. The molecule has 0 fully saturated rings. The molecule has 0 unspecified atom stereocenters. The van der Waals surface area contributed by atoms with Gasteiger partial charge in [0.2, 0.25) is 0 Å². The van der Waals surface area contributed by atoms with Crippen LogP contribution in [-0.4, -0.2) is 17.6 Å². The van der Waals surface area contributed by atoms with E-state index < -0.39 is 0 Å². The van der Waals surface area contributed by atoms with Gasteiger partial charge < -0.3 is 4.84 Å². The first-order valence-corrected chi connectivity index (χ1v) is 4.67. The SMILES string of the molecule is C#CCN(Oc1ccccc1)C(C)C. The Bertz CT molecular complexity index is 300. The maximum Gasteiger partial charge on any atom is 0.147 e. The van der Waals surface area contributed by atoms with Gasteiger partial charge in [-0.3, -0.25) is 0 Å². The van der Waals surface area contributed by atoms with Gasteiger partial charge in [-0.1, -0.05) is 24.1 Å². The van der Waals surface area contributed by atoms with Gasteiger partial charge in [0.05, 0.1) is 6.54 Å². The lowest BCUT2D eigenvalue weighted by molar-refractivity contribution is -0.0726. The number of terminal acetylenes is 1. The Balaban J connectivity index is 2.61. The summed E-state index contributed by atoms with van der Waals surface area (Å²) in [5.41, 5.74) is 0. The van der Waals surface area contributed by atoms with E-state index in [0.717, 1.165) is 5.75 Å². The lowest BCUT2D eigenvalue weighted by Crippen LogP contribution is -2.34. The highest BCUT2D eigenvalue weighted by Crippen LogP contribution is 2.11. The van der Waals surface area contributed by atoms with Crippen molar-refractivity contribution in [3.05, 3.63) is 30.3 Å². The number of rotatable bonds is 4. The van der Waals surface area contributed by atoms with Gasteiger partial charge >= 0.3 is 0 Å². The molecule has 0 aromatic heterocycles. The lowest BCUT2D eigenvalue weighted by atomic mass is 10.3. The van der Waals surface area contributed by atoms with Crippen LogP contribution < -0.4 is 4.84 Å². The molecule has 2 nitrogen and oxygen atoms in total. The number of hydrogen-bond donors (Lipinski definition) is 0. The maximum absolute atomic E-state index is 5.61. The van der Waals surface area contributed by atoms with Crippen molar-refractivity contribution in [2.45, 2.75) is 19.9 Å². The van der Waals surface area contributed by atoms with Crippen LogP contribution in [0.3, 0.4) is 0 Å². The molecule has 1 aromatic rings. The summed E-state index contributed by atoms with van der Waals surface area (Å²) in [5, 5.41) is 1.77. The molecule has 14 heavy (non-hydrogen) atoms. The van der Waals surface area contributed by atoms with Crippen LogP contribution in [0.1, 0.15) is 13.8 Å². The molecule has 0 heterocycles. The zero-order chi connectivity index (χ0) is 10.4. The standard InChI is InChI=1S/C12H15NO/c1-4-10-13(11(2)3)14-12-8-6-5-7-9-12/h1,5-9,11H,10H2,2-3H3. The fraction of sp³-hybridized carbons (Fsp3) is 0.333. The summed E-state index contributed by atoms with van der Waals surface area (Å²) in [7, 11) is 0. The van der Waals surface area contributed by atoms with Crippen LogP contribution in [0.15, 0.2) is 30.3 Å². The highest BCUT2D eigenvalue weighted by molar-refractivity contribution is 5.20. The van der Waals surface area contributed by atoms with Gasteiger partial charge in [0.15, 0.2) is 0 Å². The van der Waals surface area contributed by atoms with Crippen molar-refractivity contribution in [2.75, 3.05) is 6.54 Å². The molecule has 0 amide bonds. The third-order valence-electron chi connectivity index (χ3n) is 1.79. The van der Waals surface area contributed by atoms with Crippen LogP contribution in [0.25, 0.3) is 0 Å². The van der Waals surface area contributed by atoms with Gasteiger partial charge in [-0.15, -0.1) is 11.5 Å². The van der Waals surface area contributed by atoms with Gasteiger partial charge in [-0.2, -0.15) is 0 Å². The number of benzene rings is 1. The Kier molecular flexibility index (Phi) is 4.03. The zero-order valence-electron chi connectivity index (χ0n) is 8.60. The fourth-order valence-corrected chi connectivity index (χ4v) is 1.03. The average Bonchev–Trinajstić information content (AvgIpc) is 2.18. The summed E-state index contributed by atoms with van der Waals surface area (Å²) in [6.07, 6.45) is 5.25. The predicted octanol–water partition coefficient (Wildman–Crippen LogP) is 2.32. The molecule has 0 atom stereocenters. The first-order chi connectivity index (χ1) is 6.74. The Morgan fingerprint density at radius 3 is 2.50 bits per heavy atom. The molecular weight excluding hydrogens is 174 g/mol. The minimum atomic E-state index is 0.270. The van der Waals surface area contributed by atoms with Gasteiger partial charge in [0.1, 0.15) is 5.75 Å². The highest BCUT2D eigenvalue weighted by atomic mass is 16.7. The van der Waals surface area contributed by atoms with E-state index in [1.165, 1.54) is 0 Å². The summed E-state index contributed by atoms with van der Waals surface area (Å²) in [5.74, 6) is 3.39. The normalized spacial score (nSPS) is 10.2. The number of nitrogens with zero attached hydrogens (tertiary/aromatic N) is 1. The number of para-hydroxylation sites is 1. The van der Waals surface area contributed by atoms with E-state index in [1.807, 2.05) is 44.2 Å². The van der Waals surface area contributed by atoms with Crippen LogP contribution in [0, 0.1) is 12.3 Å². The molecule has 0 saturated heterocycles. The van der Waals surface area contributed by atoms with E-state index in [4.69, 9.17) is 11.3 Å². The lowest BCUT2D eigenvalue weighted by Gasteiger charge is -2.23. The quantitative estimate of drug-likeness (QED) is 0.532. The van der Waals surface area contributed by atoms with Crippen molar-refractivity contribution >= 4 is 0 Å². The zero-order valence-corrected chi connectivity index (χ0v) is 8.60. The van der Waals surface area contributed by atoms with Crippen molar-refractivity contribution in [1.82, 2.24) is 5.06 Å². The summed E-state index contributed by atoms with van der Waals surface area (Å²) in [6, 6.07) is 9.91. The second-order valence-corrected chi connectivity index (χ2v) is 3.28. The van der Waals surface area contributed by atoms with Crippen molar-refractivity contribution in [1.29, 1.82) is 0 Å². The van der Waals surface area contributed by atoms with E-state index in [2.05, 4.69) is 5.92 Å². The van der Waals surface area contributed by atoms with E-state index in [-0.39, 0.29) is 6.04 Å². The molecule has 74 valence electrons. The van der Waals surface area contributed by atoms with Crippen LogP contribution in [0.5, 0.6) is 5.75 Å². The summed E-state index contributed by atoms with van der Waals surface area (Å²) in [6.45, 7) is 4.58. The molecule has 0 N–H and O–H groups in total. The Morgan fingerprint density at radius 1 is 1.36 bits per heavy atom. The second-order valence-electron chi connectivity index (χ2n) is 3.28. The molecule has 1 rings (SSSR count). The Labute approximate surface area is 85.4 Å². The fourth-order valence-electron chi connectivity index (χ4n) is 1.03. The summed E-state index contributed by atoms with van der Waals surface area (Å²) in [4.78, 5) is 5.61. The minimum Gasteiger partial charge on any atom is -0.405 e. The molecule has 0 saturated carbocycles.